The quantitative estimate of drug-likeness (QED) is 0.840. The molecule has 0 saturated carbocycles. The molecule has 0 amide bonds. The van der Waals surface area contributed by atoms with Crippen LogP contribution in [0.3, 0.4) is 0 Å². The molecule has 6 heteroatoms. The van der Waals surface area contributed by atoms with E-state index >= 15 is 0 Å². The van der Waals surface area contributed by atoms with E-state index in [-0.39, 0.29) is 11.7 Å². The Bertz CT molecular complexity index is 875. The molecule has 5 nitrogen and oxygen atoms in total. The minimum atomic E-state index is -0.865. The number of Topliss-reactive ketones (excluding diaryl/α,β-unsaturated/α-hetero) is 1. The fourth-order valence-electron chi connectivity index (χ4n) is 3.54. The lowest BCUT2D eigenvalue weighted by molar-refractivity contribution is 0.0901. The number of nitriles is 1. The molecule has 118 valence electrons. The lowest BCUT2D eigenvalue weighted by Crippen LogP contribution is -2.29. The van der Waals surface area contributed by atoms with Gasteiger partial charge in [0.2, 0.25) is 0 Å². The molecule has 0 fully saturated rings. The van der Waals surface area contributed by atoms with E-state index in [1.165, 1.54) is 6.20 Å². The van der Waals surface area contributed by atoms with Gasteiger partial charge in [-0.25, -0.2) is 4.98 Å². The number of pyridine rings is 1. The number of aromatic nitrogens is 1. The van der Waals surface area contributed by atoms with Gasteiger partial charge < -0.3 is 9.68 Å². The van der Waals surface area contributed by atoms with Gasteiger partial charge in [-0.3, -0.25) is 4.79 Å². The van der Waals surface area contributed by atoms with E-state index in [1.807, 2.05) is 24.3 Å². The largest absolute Gasteiger partial charge is 0.491 e. The Balaban J connectivity index is 1.57. The Morgan fingerprint density at radius 2 is 2.25 bits per heavy atom. The number of rotatable bonds is 2. The molecule has 1 aliphatic heterocycles. The van der Waals surface area contributed by atoms with Crippen LogP contribution in [0.2, 0.25) is 0 Å². The van der Waals surface area contributed by atoms with E-state index in [9.17, 15) is 9.82 Å². The van der Waals surface area contributed by atoms with Gasteiger partial charge in [-0.1, -0.05) is 18.2 Å². The van der Waals surface area contributed by atoms with Crippen LogP contribution in [0, 0.1) is 17.2 Å². The van der Waals surface area contributed by atoms with Crippen LogP contribution in [0.15, 0.2) is 30.5 Å². The average Bonchev–Trinajstić information content (AvgIpc) is 2.98. The predicted molar refractivity (Wildman–Crippen MR) is 87.6 cm³/mol. The third kappa shape index (κ3) is 2.52. The monoisotopic (exact) mass is 318 g/mol. The van der Waals surface area contributed by atoms with Crippen LogP contribution in [0.5, 0.6) is 0 Å². The van der Waals surface area contributed by atoms with Crippen molar-refractivity contribution in [2.24, 2.45) is 5.92 Å². The Morgan fingerprint density at radius 1 is 1.38 bits per heavy atom. The van der Waals surface area contributed by atoms with E-state index in [1.54, 1.807) is 6.07 Å². The van der Waals surface area contributed by atoms with Gasteiger partial charge in [0, 0.05) is 17.7 Å². The van der Waals surface area contributed by atoms with Gasteiger partial charge in [-0.05, 0) is 47.5 Å². The van der Waals surface area contributed by atoms with Crippen LogP contribution in [0.1, 0.15) is 39.2 Å². The van der Waals surface area contributed by atoms with E-state index in [2.05, 4.69) is 4.98 Å². The van der Waals surface area contributed by atoms with Crippen molar-refractivity contribution in [2.45, 2.75) is 25.9 Å². The Labute approximate surface area is 140 Å². The molecule has 0 saturated heterocycles. The number of benzene rings is 1. The van der Waals surface area contributed by atoms with Crippen molar-refractivity contribution >= 4 is 18.4 Å². The molecule has 0 radical (unpaired) electrons. The molecule has 1 N–H and O–H groups in total. The number of nitrogens with zero attached hydrogens (tertiary/aromatic N) is 2. The van der Waals surface area contributed by atoms with Gasteiger partial charge in [0.05, 0.1) is 6.61 Å². The summed E-state index contributed by atoms with van der Waals surface area (Å²) in [6.45, 7) is 0.430. The smallest absolute Gasteiger partial charge is 0.423 e. The Kier molecular flexibility index (Phi) is 3.68. The van der Waals surface area contributed by atoms with Crippen molar-refractivity contribution in [3.05, 3.63) is 58.4 Å². The summed E-state index contributed by atoms with van der Waals surface area (Å²) in [5.74, 6) is -0.00436. The van der Waals surface area contributed by atoms with Gasteiger partial charge in [0.25, 0.3) is 0 Å². The van der Waals surface area contributed by atoms with Crippen molar-refractivity contribution in [1.82, 2.24) is 4.98 Å². The summed E-state index contributed by atoms with van der Waals surface area (Å²) >= 11 is 0. The van der Waals surface area contributed by atoms with Crippen LogP contribution in [-0.2, 0) is 24.1 Å². The van der Waals surface area contributed by atoms with Gasteiger partial charge in [-0.15, -0.1) is 0 Å². The lowest BCUT2D eigenvalue weighted by atomic mass is 9.76. The summed E-state index contributed by atoms with van der Waals surface area (Å²) in [6.07, 6.45) is 3.71. The van der Waals surface area contributed by atoms with Crippen molar-refractivity contribution in [2.75, 3.05) is 0 Å². The summed E-state index contributed by atoms with van der Waals surface area (Å²) in [5.41, 5.74) is 4.74. The second-order valence-electron chi connectivity index (χ2n) is 6.34. The third-order valence-electron chi connectivity index (χ3n) is 4.86. The molecule has 4 rings (SSSR count). The maximum atomic E-state index is 12.7. The molecule has 1 aromatic carbocycles. The van der Waals surface area contributed by atoms with Crippen molar-refractivity contribution < 1.29 is 14.5 Å². The highest BCUT2D eigenvalue weighted by Gasteiger charge is 2.30. The number of carbonyl (C=O) groups is 1. The van der Waals surface area contributed by atoms with Crippen LogP contribution in [-0.4, -0.2) is 22.9 Å². The predicted octanol–water partition coefficient (Wildman–Crippen LogP) is 1.16. The van der Waals surface area contributed by atoms with Crippen molar-refractivity contribution in [3.63, 3.8) is 0 Å². The van der Waals surface area contributed by atoms with Crippen LogP contribution in [0.4, 0.5) is 0 Å². The molecular weight excluding hydrogens is 303 g/mol. The number of hydrogen-bond acceptors (Lipinski definition) is 5. The molecule has 1 aliphatic carbocycles. The Morgan fingerprint density at radius 3 is 3.08 bits per heavy atom. The van der Waals surface area contributed by atoms with Gasteiger partial charge in [0.1, 0.15) is 11.8 Å². The van der Waals surface area contributed by atoms with Gasteiger partial charge >= 0.3 is 7.12 Å². The minimum Gasteiger partial charge on any atom is -0.423 e. The van der Waals surface area contributed by atoms with Crippen LogP contribution >= 0.6 is 0 Å². The van der Waals surface area contributed by atoms with E-state index in [0.717, 1.165) is 35.0 Å². The zero-order valence-electron chi connectivity index (χ0n) is 13.0. The first-order valence-electron chi connectivity index (χ1n) is 8.00. The number of hydrogen-bond donors (Lipinski definition) is 1. The normalized spacial score (nSPS) is 18.9. The number of carbonyl (C=O) groups excluding carboxylic acids is 1. The second-order valence-corrected chi connectivity index (χ2v) is 6.34. The first-order valence-corrected chi connectivity index (χ1v) is 8.00. The first-order chi connectivity index (χ1) is 11.7. The van der Waals surface area contributed by atoms with Crippen LogP contribution < -0.4 is 5.46 Å². The highest BCUT2D eigenvalue weighted by atomic mass is 16.5. The van der Waals surface area contributed by atoms with Gasteiger partial charge in [-0.2, -0.15) is 5.26 Å². The maximum absolute atomic E-state index is 12.7. The van der Waals surface area contributed by atoms with Crippen molar-refractivity contribution in [1.29, 1.82) is 5.26 Å². The maximum Gasteiger partial charge on any atom is 0.491 e. The highest BCUT2D eigenvalue weighted by Crippen LogP contribution is 2.28. The highest BCUT2D eigenvalue weighted by molar-refractivity contribution is 6.61. The fourth-order valence-corrected chi connectivity index (χ4v) is 3.54. The summed E-state index contributed by atoms with van der Waals surface area (Å²) in [4.78, 5) is 16.7. The molecule has 2 aliphatic rings. The molecular formula is C18H15BN2O3. The molecule has 2 heterocycles. The summed E-state index contributed by atoms with van der Waals surface area (Å²) in [5, 5.41) is 18.7. The lowest BCUT2D eigenvalue weighted by Gasteiger charge is -2.23. The molecule has 2 aromatic rings. The number of aryl methyl sites for hydroxylation is 1. The molecule has 0 spiro atoms. The molecule has 1 aromatic heterocycles. The second kappa shape index (κ2) is 5.86. The fraction of sp³-hybridized carbons (Fsp3) is 0.278. The van der Waals surface area contributed by atoms with Gasteiger partial charge in [0.15, 0.2) is 5.78 Å². The van der Waals surface area contributed by atoms with Crippen LogP contribution in [0.25, 0.3) is 0 Å². The topological polar surface area (TPSA) is 83.2 Å². The zero-order chi connectivity index (χ0) is 16.7. The molecule has 1 atom stereocenters. The minimum absolute atomic E-state index is 0.0885. The summed E-state index contributed by atoms with van der Waals surface area (Å²) < 4.78 is 5.21. The number of fused-ring (bicyclic) bond motifs is 2. The first kappa shape index (κ1) is 15.1. The molecule has 0 bridgehead atoms. The summed E-state index contributed by atoms with van der Waals surface area (Å²) in [7, 11) is -0.865. The average molecular weight is 318 g/mol. The standard InChI is InChI=1S/C18H15BN2O3/c20-8-15-7-12-3-4-13(18(22)16(12)9-21-15)5-11-1-2-14-10-24-19(23)17(14)6-11/h1-2,6-7,9,13,23H,3-5,10H2. The van der Waals surface area contributed by atoms with E-state index in [0.29, 0.717) is 24.3 Å². The Hall–Kier alpha value is -2.49. The molecule has 24 heavy (non-hydrogen) atoms. The molecule has 1 unspecified atom stereocenters. The van der Waals surface area contributed by atoms with Crippen molar-refractivity contribution in [3.8, 4) is 6.07 Å². The zero-order valence-corrected chi connectivity index (χ0v) is 13.0. The number of ketones is 1. The third-order valence-corrected chi connectivity index (χ3v) is 4.86. The summed E-state index contributed by atoms with van der Waals surface area (Å²) in [6, 6.07) is 9.63. The van der Waals surface area contributed by atoms with E-state index in [4.69, 9.17) is 9.92 Å². The SMILES string of the molecule is N#Cc1cc2c(cn1)C(=O)C(Cc1ccc3c(c1)B(O)OC3)CC2. The van der Waals surface area contributed by atoms with E-state index < -0.39 is 7.12 Å².